The van der Waals surface area contributed by atoms with Gasteiger partial charge in [-0.3, -0.25) is 0 Å². The Balaban J connectivity index is 3.31. The van der Waals surface area contributed by atoms with Crippen molar-refractivity contribution in [2.24, 2.45) is 0 Å². The standard InChI is InChI=1S/C10H25NOSi/c1-6-7-8-11(2)9-10-12-13(3,4)5/h6-10H2,1-5H3. The van der Waals surface area contributed by atoms with Gasteiger partial charge in [0.15, 0.2) is 8.32 Å². The Morgan fingerprint density at radius 1 is 1.15 bits per heavy atom. The summed E-state index contributed by atoms with van der Waals surface area (Å²) in [6.07, 6.45) is 2.57. The van der Waals surface area contributed by atoms with Gasteiger partial charge in [0, 0.05) is 13.2 Å². The number of nitrogens with zero attached hydrogens (tertiary/aromatic N) is 1. The molecule has 0 aromatic rings. The molecule has 0 amide bonds. The summed E-state index contributed by atoms with van der Waals surface area (Å²) >= 11 is 0. The van der Waals surface area contributed by atoms with Gasteiger partial charge in [-0.05, 0) is 39.7 Å². The summed E-state index contributed by atoms with van der Waals surface area (Å²) in [6.45, 7) is 12.1. The topological polar surface area (TPSA) is 12.5 Å². The Hall–Kier alpha value is 0.137. The van der Waals surface area contributed by atoms with Crippen LogP contribution in [0.5, 0.6) is 0 Å². The third-order valence-corrected chi connectivity index (χ3v) is 2.97. The van der Waals surface area contributed by atoms with Crippen LogP contribution in [0.1, 0.15) is 19.8 Å². The minimum Gasteiger partial charge on any atom is -0.416 e. The molecule has 0 spiro atoms. The molecule has 0 radical (unpaired) electrons. The Bertz CT molecular complexity index is 123. The first kappa shape index (κ1) is 13.1. The summed E-state index contributed by atoms with van der Waals surface area (Å²) in [5.41, 5.74) is 0. The normalized spacial score (nSPS) is 12.5. The molecule has 3 heteroatoms. The first-order chi connectivity index (χ1) is 5.95. The Kier molecular flexibility index (Phi) is 6.64. The molecule has 0 aliphatic heterocycles. The number of hydrogen-bond acceptors (Lipinski definition) is 2. The molecule has 0 saturated heterocycles. The lowest BCUT2D eigenvalue weighted by Crippen LogP contribution is -2.31. The van der Waals surface area contributed by atoms with Crippen molar-refractivity contribution in [1.82, 2.24) is 4.90 Å². The van der Waals surface area contributed by atoms with Crippen molar-refractivity contribution >= 4 is 8.32 Å². The van der Waals surface area contributed by atoms with Crippen LogP contribution >= 0.6 is 0 Å². The Morgan fingerprint density at radius 2 is 1.77 bits per heavy atom. The molecule has 0 aliphatic carbocycles. The molecule has 0 aliphatic rings. The highest BCUT2D eigenvalue weighted by Gasteiger charge is 2.13. The van der Waals surface area contributed by atoms with E-state index in [0.29, 0.717) is 0 Å². The molecule has 0 fully saturated rings. The van der Waals surface area contributed by atoms with Crippen LogP contribution in [-0.4, -0.2) is 40.0 Å². The van der Waals surface area contributed by atoms with Crippen LogP contribution < -0.4 is 0 Å². The Labute approximate surface area is 84.4 Å². The van der Waals surface area contributed by atoms with Crippen molar-refractivity contribution in [2.75, 3.05) is 26.7 Å². The number of unbranched alkanes of at least 4 members (excludes halogenated alkanes) is 1. The first-order valence-electron chi connectivity index (χ1n) is 5.28. The maximum Gasteiger partial charge on any atom is 0.183 e. The van der Waals surface area contributed by atoms with Gasteiger partial charge < -0.3 is 9.33 Å². The van der Waals surface area contributed by atoms with E-state index in [0.717, 1.165) is 13.2 Å². The highest BCUT2D eigenvalue weighted by atomic mass is 28.4. The monoisotopic (exact) mass is 203 g/mol. The molecule has 0 rings (SSSR count). The van der Waals surface area contributed by atoms with E-state index in [9.17, 15) is 0 Å². The molecular formula is C10H25NOSi. The van der Waals surface area contributed by atoms with Crippen LogP contribution in [0.2, 0.25) is 19.6 Å². The van der Waals surface area contributed by atoms with E-state index in [2.05, 4.69) is 38.5 Å². The lowest BCUT2D eigenvalue weighted by Gasteiger charge is -2.21. The van der Waals surface area contributed by atoms with Crippen molar-refractivity contribution in [3.63, 3.8) is 0 Å². The second kappa shape index (κ2) is 6.57. The first-order valence-corrected chi connectivity index (χ1v) is 8.69. The second-order valence-electron chi connectivity index (χ2n) is 4.62. The van der Waals surface area contributed by atoms with Gasteiger partial charge in [-0.15, -0.1) is 0 Å². The van der Waals surface area contributed by atoms with Gasteiger partial charge in [0.1, 0.15) is 0 Å². The maximum atomic E-state index is 5.78. The van der Waals surface area contributed by atoms with Crippen molar-refractivity contribution in [3.05, 3.63) is 0 Å². The number of hydrogen-bond donors (Lipinski definition) is 0. The van der Waals surface area contributed by atoms with E-state index in [1.165, 1.54) is 19.4 Å². The minimum atomic E-state index is -1.28. The summed E-state index contributed by atoms with van der Waals surface area (Å²) in [4.78, 5) is 2.35. The smallest absolute Gasteiger partial charge is 0.183 e. The van der Waals surface area contributed by atoms with Crippen LogP contribution in [0.3, 0.4) is 0 Å². The minimum absolute atomic E-state index is 0.899. The lowest BCUT2D eigenvalue weighted by molar-refractivity contribution is 0.231. The molecule has 0 atom stereocenters. The molecule has 0 aromatic carbocycles. The van der Waals surface area contributed by atoms with Crippen LogP contribution in [0.25, 0.3) is 0 Å². The molecule has 80 valence electrons. The summed E-state index contributed by atoms with van der Waals surface area (Å²) in [7, 11) is 0.888. The second-order valence-corrected chi connectivity index (χ2v) is 9.13. The van der Waals surface area contributed by atoms with E-state index < -0.39 is 8.32 Å². The third-order valence-electron chi connectivity index (χ3n) is 1.90. The summed E-state index contributed by atoms with van der Waals surface area (Å²) in [6, 6.07) is 0. The highest BCUT2D eigenvalue weighted by molar-refractivity contribution is 6.69. The van der Waals surface area contributed by atoms with Gasteiger partial charge in [-0.2, -0.15) is 0 Å². The van der Waals surface area contributed by atoms with Crippen LogP contribution in [0.15, 0.2) is 0 Å². The zero-order valence-corrected chi connectivity index (χ0v) is 10.9. The number of likely N-dealkylation sites (N-methyl/N-ethyl adjacent to an activating group) is 1. The predicted octanol–water partition coefficient (Wildman–Crippen LogP) is 2.57. The van der Waals surface area contributed by atoms with Gasteiger partial charge in [0.2, 0.25) is 0 Å². The quantitative estimate of drug-likeness (QED) is 0.590. The van der Waals surface area contributed by atoms with Gasteiger partial charge >= 0.3 is 0 Å². The van der Waals surface area contributed by atoms with Gasteiger partial charge in [0.25, 0.3) is 0 Å². The van der Waals surface area contributed by atoms with Crippen LogP contribution in [-0.2, 0) is 4.43 Å². The Morgan fingerprint density at radius 3 is 2.23 bits per heavy atom. The van der Waals surface area contributed by atoms with Crippen LogP contribution in [0.4, 0.5) is 0 Å². The highest BCUT2D eigenvalue weighted by Crippen LogP contribution is 2.02. The average Bonchev–Trinajstić information content (AvgIpc) is 1.98. The summed E-state index contributed by atoms with van der Waals surface area (Å²) in [5.74, 6) is 0. The number of rotatable bonds is 7. The predicted molar refractivity (Wildman–Crippen MR) is 61.7 cm³/mol. The third kappa shape index (κ3) is 10.1. The van der Waals surface area contributed by atoms with E-state index >= 15 is 0 Å². The van der Waals surface area contributed by atoms with Gasteiger partial charge in [-0.25, -0.2) is 0 Å². The molecule has 0 saturated carbocycles. The van der Waals surface area contributed by atoms with Crippen molar-refractivity contribution in [1.29, 1.82) is 0 Å². The molecular weight excluding hydrogens is 178 g/mol. The maximum absolute atomic E-state index is 5.78. The summed E-state index contributed by atoms with van der Waals surface area (Å²) in [5, 5.41) is 0. The van der Waals surface area contributed by atoms with Crippen LogP contribution in [0, 0.1) is 0 Å². The molecule has 0 heterocycles. The molecule has 13 heavy (non-hydrogen) atoms. The van der Waals surface area contributed by atoms with E-state index in [4.69, 9.17) is 4.43 Å². The van der Waals surface area contributed by atoms with E-state index in [1.807, 2.05) is 0 Å². The molecule has 0 unspecified atom stereocenters. The van der Waals surface area contributed by atoms with E-state index in [-0.39, 0.29) is 0 Å². The van der Waals surface area contributed by atoms with Gasteiger partial charge in [0.05, 0.1) is 0 Å². The molecule has 2 nitrogen and oxygen atoms in total. The van der Waals surface area contributed by atoms with Crippen molar-refractivity contribution < 1.29 is 4.43 Å². The fourth-order valence-electron chi connectivity index (χ4n) is 1.05. The van der Waals surface area contributed by atoms with Gasteiger partial charge in [-0.1, -0.05) is 13.3 Å². The van der Waals surface area contributed by atoms with Crippen molar-refractivity contribution in [2.45, 2.75) is 39.4 Å². The molecule has 0 aromatic heterocycles. The fraction of sp³-hybridized carbons (Fsp3) is 1.00. The molecule has 0 bridgehead atoms. The lowest BCUT2D eigenvalue weighted by atomic mass is 10.3. The largest absolute Gasteiger partial charge is 0.416 e. The van der Waals surface area contributed by atoms with Crippen molar-refractivity contribution in [3.8, 4) is 0 Å². The zero-order valence-electron chi connectivity index (χ0n) is 9.89. The average molecular weight is 203 g/mol. The summed E-state index contributed by atoms with van der Waals surface area (Å²) < 4.78 is 5.78. The fourth-order valence-corrected chi connectivity index (χ4v) is 1.75. The molecule has 0 N–H and O–H groups in total. The van der Waals surface area contributed by atoms with E-state index in [1.54, 1.807) is 0 Å². The SMILES string of the molecule is CCCCN(C)CCO[Si](C)(C)C. The zero-order chi connectivity index (χ0) is 10.3.